The number of nitrogens with zero attached hydrogens (tertiary/aromatic N) is 2. The fraction of sp³-hybridized carbons (Fsp3) is 0.308. The molecule has 0 aliphatic rings. The molecular formula is C13H15BrN2O. The molecule has 0 aliphatic heterocycles. The summed E-state index contributed by atoms with van der Waals surface area (Å²) in [7, 11) is 1.87. The van der Waals surface area contributed by atoms with Gasteiger partial charge in [0.2, 0.25) is 0 Å². The lowest BCUT2D eigenvalue weighted by Gasteiger charge is -2.23. The van der Waals surface area contributed by atoms with E-state index in [-0.39, 0.29) is 0 Å². The first-order valence-electron chi connectivity index (χ1n) is 5.43. The van der Waals surface area contributed by atoms with Gasteiger partial charge in [-0.2, -0.15) is 5.10 Å². The highest BCUT2D eigenvalue weighted by molar-refractivity contribution is 9.10. The van der Waals surface area contributed by atoms with Crippen LogP contribution >= 0.6 is 15.9 Å². The number of aryl methyl sites for hydroxylation is 1. The Labute approximate surface area is 109 Å². The lowest BCUT2D eigenvalue weighted by molar-refractivity contribution is 0.0576. The highest BCUT2D eigenvalue weighted by atomic mass is 79.9. The number of aliphatic hydroxyl groups is 1. The zero-order valence-electron chi connectivity index (χ0n) is 9.89. The minimum absolute atomic E-state index is 0.558. The average molecular weight is 295 g/mol. The predicted molar refractivity (Wildman–Crippen MR) is 70.6 cm³/mol. The average Bonchev–Trinajstić information content (AvgIpc) is 2.63. The summed E-state index contributed by atoms with van der Waals surface area (Å²) < 4.78 is 2.76. The summed E-state index contributed by atoms with van der Waals surface area (Å²) in [6.07, 6.45) is 4.27. The molecule has 0 fully saturated rings. The van der Waals surface area contributed by atoms with Gasteiger partial charge in [0.05, 0.1) is 11.8 Å². The maximum absolute atomic E-state index is 10.5. The van der Waals surface area contributed by atoms with Crippen molar-refractivity contribution < 1.29 is 5.11 Å². The van der Waals surface area contributed by atoms with Crippen LogP contribution in [0.25, 0.3) is 0 Å². The third-order valence-corrected chi connectivity index (χ3v) is 3.30. The summed E-state index contributed by atoms with van der Waals surface area (Å²) in [6.45, 7) is 1.82. The topological polar surface area (TPSA) is 38.0 Å². The molecule has 1 N–H and O–H groups in total. The first-order valence-corrected chi connectivity index (χ1v) is 6.23. The summed E-state index contributed by atoms with van der Waals surface area (Å²) in [5.74, 6) is 0. The monoisotopic (exact) mass is 294 g/mol. The molecule has 2 rings (SSSR count). The van der Waals surface area contributed by atoms with Crippen LogP contribution in [0.1, 0.15) is 18.1 Å². The Morgan fingerprint density at radius 1 is 1.35 bits per heavy atom. The fourth-order valence-electron chi connectivity index (χ4n) is 1.87. The van der Waals surface area contributed by atoms with Crippen molar-refractivity contribution in [2.24, 2.45) is 7.05 Å². The lowest BCUT2D eigenvalue weighted by Crippen LogP contribution is -2.23. The van der Waals surface area contributed by atoms with Crippen LogP contribution in [0.3, 0.4) is 0 Å². The highest BCUT2D eigenvalue weighted by Gasteiger charge is 2.23. The molecule has 0 saturated carbocycles. The van der Waals surface area contributed by atoms with Crippen LogP contribution in [-0.2, 0) is 19.1 Å². The second-order valence-corrected chi connectivity index (χ2v) is 5.40. The fourth-order valence-corrected chi connectivity index (χ4v) is 2.14. The van der Waals surface area contributed by atoms with Gasteiger partial charge >= 0.3 is 0 Å². The van der Waals surface area contributed by atoms with Crippen LogP contribution < -0.4 is 0 Å². The molecular weight excluding hydrogens is 280 g/mol. The van der Waals surface area contributed by atoms with E-state index in [9.17, 15) is 5.11 Å². The molecule has 3 nitrogen and oxygen atoms in total. The van der Waals surface area contributed by atoms with Crippen molar-refractivity contribution >= 4 is 15.9 Å². The summed E-state index contributed by atoms with van der Waals surface area (Å²) in [6, 6.07) is 7.74. The first kappa shape index (κ1) is 12.3. The number of benzene rings is 1. The van der Waals surface area contributed by atoms with Crippen molar-refractivity contribution in [3.63, 3.8) is 0 Å². The molecule has 0 amide bonds. The van der Waals surface area contributed by atoms with Crippen LogP contribution in [0.4, 0.5) is 0 Å². The van der Waals surface area contributed by atoms with E-state index < -0.39 is 5.60 Å². The van der Waals surface area contributed by atoms with Gasteiger partial charge in [0.1, 0.15) is 0 Å². The number of halogens is 1. The van der Waals surface area contributed by atoms with Crippen molar-refractivity contribution in [3.8, 4) is 0 Å². The minimum Gasteiger partial charge on any atom is -0.385 e. The molecule has 17 heavy (non-hydrogen) atoms. The Morgan fingerprint density at radius 3 is 2.53 bits per heavy atom. The summed E-state index contributed by atoms with van der Waals surface area (Å²) >= 11 is 3.39. The molecule has 90 valence electrons. The maximum Gasteiger partial charge on any atom is 0.0909 e. The normalized spacial score (nSPS) is 14.6. The van der Waals surface area contributed by atoms with Crippen LogP contribution in [-0.4, -0.2) is 14.9 Å². The van der Waals surface area contributed by atoms with Crippen LogP contribution in [0, 0.1) is 0 Å². The molecule has 1 aromatic heterocycles. The van der Waals surface area contributed by atoms with Gasteiger partial charge in [-0.25, -0.2) is 0 Å². The molecule has 1 aromatic carbocycles. The van der Waals surface area contributed by atoms with Gasteiger partial charge < -0.3 is 5.11 Å². The summed E-state index contributed by atoms with van der Waals surface area (Å²) in [5, 5.41) is 14.6. The molecule has 0 saturated heterocycles. The Bertz CT molecular complexity index is 502. The van der Waals surface area contributed by atoms with Gasteiger partial charge in [0.25, 0.3) is 0 Å². The number of rotatable bonds is 3. The van der Waals surface area contributed by atoms with E-state index in [0.717, 1.165) is 15.6 Å². The van der Waals surface area contributed by atoms with Gasteiger partial charge in [0, 0.05) is 24.1 Å². The van der Waals surface area contributed by atoms with Crippen molar-refractivity contribution in [3.05, 3.63) is 52.3 Å². The smallest absolute Gasteiger partial charge is 0.0909 e. The van der Waals surface area contributed by atoms with Crippen molar-refractivity contribution in [1.82, 2.24) is 9.78 Å². The van der Waals surface area contributed by atoms with E-state index in [2.05, 4.69) is 21.0 Å². The Balaban J connectivity index is 2.21. The van der Waals surface area contributed by atoms with Crippen LogP contribution in [0.15, 0.2) is 41.1 Å². The first-order chi connectivity index (χ1) is 7.97. The van der Waals surface area contributed by atoms with Crippen LogP contribution in [0.5, 0.6) is 0 Å². The van der Waals surface area contributed by atoms with Gasteiger partial charge in [-0.1, -0.05) is 28.1 Å². The Hall–Kier alpha value is -1.13. The van der Waals surface area contributed by atoms with E-state index in [1.807, 2.05) is 44.4 Å². The zero-order chi connectivity index (χ0) is 12.5. The summed E-state index contributed by atoms with van der Waals surface area (Å²) in [5.41, 5.74) is 1.06. The standard InChI is InChI=1S/C13H15BrN2O/c1-13(17,7-10-8-15-16(2)9-10)11-3-5-12(14)6-4-11/h3-6,8-9,17H,7H2,1-2H3. The van der Waals surface area contributed by atoms with E-state index in [0.29, 0.717) is 6.42 Å². The third-order valence-electron chi connectivity index (χ3n) is 2.77. The van der Waals surface area contributed by atoms with Crippen molar-refractivity contribution in [1.29, 1.82) is 0 Å². The van der Waals surface area contributed by atoms with E-state index in [1.54, 1.807) is 10.9 Å². The molecule has 1 unspecified atom stereocenters. The molecule has 0 aliphatic carbocycles. The molecule has 1 atom stereocenters. The third kappa shape index (κ3) is 2.96. The quantitative estimate of drug-likeness (QED) is 0.945. The summed E-state index contributed by atoms with van der Waals surface area (Å²) in [4.78, 5) is 0. The second kappa shape index (κ2) is 4.63. The molecule has 2 aromatic rings. The number of aromatic nitrogens is 2. The minimum atomic E-state index is -0.871. The van der Waals surface area contributed by atoms with Gasteiger partial charge in [-0.3, -0.25) is 4.68 Å². The maximum atomic E-state index is 10.5. The van der Waals surface area contributed by atoms with E-state index in [4.69, 9.17) is 0 Å². The highest BCUT2D eigenvalue weighted by Crippen LogP contribution is 2.26. The molecule has 0 bridgehead atoms. The Morgan fingerprint density at radius 2 is 2.00 bits per heavy atom. The molecule has 0 spiro atoms. The largest absolute Gasteiger partial charge is 0.385 e. The van der Waals surface area contributed by atoms with Crippen LogP contribution in [0.2, 0.25) is 0 Å². The molecule has 4 heteroatoms. The van der Waals surface area contributed by atoms with Crippen molar-refractivity contribution in [2.45, 2.75) is 18.9 Å². The lowest BCUT2D eigenvalue weighted by atomic mass is 9.90. The van der Waals surface area contributed by atoms with Gasteiger partial charge in [-0.05, 0) is 30.2 Å². The predicted octanol–water partition coefficient (Wildman–Crippen LogP) is 2.63. The number of hydrogen-bond acceptors (Lipinski definition) is 2. The SMILES string of the molecule is Cn1cc(CC(C)(O)c2ccc(Br)cc2)cn1. The van der Waals surface area contributed by atoms with Gasteiger partial charge in [0.15, 0.2) is 0 Å². The number of hydrogen-bond donors (Lipinski definition) is 1. The van der Waals surface area contributed by atoms with Crippen molar-refractivity contribution in [2.75, 3.05) is 0 Å². The van der Waals surface area contributed by atoms with E-state index >= 15 is 0 Å². The second-order valence-electron chi connectivity index (χ2n) is 4.48. The van der Waals surface area contributed by atoms with E-state index in [1.165, 1.54) is 0 Å². The Kier molecular flexibility index (Phi) is 3.35. The zero-order valence-corrected chi connectivity index (χ0v) is 11.5. The van der Waals surface area contributed by atoms with Gasteiger partial charge in [-0.15, -0.1) is 0 Å². The molecule has 0 radical (unpaired) electrons. The molecule has 1 heterocycles.